The second kappa shape index (κ2) is 36.7. The van der Waals surface area contributed by atoms with E-state index in [9.17, 15) is 43.2 Å². The van der Waals surface area contributed by atoms with Crippen molar-refractivity contribution in [3.05, 3.63) is 107 Å². The molecule has 0 spiro atoms. The number of Topliss-reactive ketones (excluding diaryl/α,β-unsaturated/α-hetero) is 5. The molecule has 3 aromatic carbocycles. The van der Waals surface area contributed by atoms with Crippen LogP contribution in [0.1, 0.15) is 193 Å². The highest BCUT2D eigenvalue weighted by Crippen LogP contribution is 2.38. The van der Waals surface area contributed by atoms with Gasteiger partial charge in [-0.05, 0) is 152 Å². The van der Waals surface area contributed by atoms with Crippen molar-refractivity contribution >= 4 is 64.5 Å². The molecular weight excluding hydrogens is 1200 g/mol. The number of aryl methyl sites for hydroxylation is 1. The first-order valence-corrected chi connectivity index (χ1v) is 33.7. The fourth-order valence-electron chi connectivity index (χ4n) is 12.6. The maximum atomic E-state index is 15.3. The lowest BCUT2D eigenvalue weighted by Gasteiger charge is -2.36. The number of ketones is 5. The Morgan fingerprint density at radius 1 is 0.713 bits per heavy atom. The first-order chi connectivity index (χ1) is 44.6. The summed E-state index contributed by atoms with van der Waals surface area (Å²) in [5.41, 5.74) is 0.263. The summed E-state index contributed by atoms with van der Waals surface area (Å²) in [5, 5.41) is 0. The van der Waals surface area contributed by atoms with Gasteiger partial charge in [-0.25, -0.2) is 9.59 Å². The normalized spacial score (nSPS) is 23.9. The van der Waals surface area contributed by atoms with Crippen LogP contribution in [0.15, 0.2) is 84.9 Å². The average molecular weight is 1300 g/mol. The Morgan fingerprint density at radius 3 is 2.07 bits per heavy atom. The minimum Gasteiger partial charge on any atom is -0.493 e. The van der Waals surface area contributed by atoms with Crippen molar-refractivity contribution in [1.82, 2.24) is 14.7 Å². The maximum absolute atomic E-state index is 15.3. The standard InChI is InChI=1S/C73H97N3O16.C2H6/c1-47(2)39-58-60(79)30-17-12-13-18-31-64(80)90-46-73(6,7)67(83)70(86)76-38-20-19-29-57(76)71(87)91-61(36-32-49-33-37-62(88-10)63(43-49)89-11)51-26-21-25-50(40-51)41-53(77)34-35-54(78)44-52(45-65(81)92-72(3,4)5)68(84)75(9)59(42-48-23-15-14-16-24-48)66(82)55-27-22-28-56(55)69(85)74(58)8;1-2/h14-16,18,21,23-26,31,33,37,40,43,47,52,55-59,61H,12-13,17,19-20,22,27-30,32,34-36,38-39,41-42,44-46H2,1-11H3;1-2H3/b31-18+;/t52-,55?,56-,57-,58-,59-,61+;/m0./s1. The summed E-state index contributed by atoms with van der Waals surface area (Å²) in [7, 11) is 6.13. The molecule has 3 amide bonds. The van der Waals surface area contributed by atoms with Gasteiger partial charge in [0.2, 0.25) is 17.6 Å². The summed E-state index contributed by atoms with van der Waals surface area (Å²) in [6, 6.07) is 18.5. The van der Waals surface area contributed by atoms with Gasteiger partial charge < -0.3 is 38.4 Å². The number of carbonyl (C=O) groups is 11. The Morgan fingerprint density at radius 2 is 1.39 bits per heavy atom. The molecule has 0 radical (unpaired) electrons. The molecule has 19 heteroatoms. The molecule has 1 saturated carbocycles. The molecule has 19 nitrogen and oxygen atoms in total. The highest BCUT2D eigenvalue weighted by molar-refractivity contribution is 6.38. The molecule has 2 bridgehead atoms. The SMILES string of the molecule is CC.COc1ccc(CC[C@H]2OC(=O)[C@@H]3CCCCN3C(=O)C(=O)C(C)(C)COC(=O)/C=C/CCCCC(=O)[C@H](CC(C)C)N(C)C(=O)[C@H]3CCCC3C(=O)[C@H](Cc3ccccc3)N(C)C(=O)[C@H](CC(=O)OC(C)(C)C)CC(=O)CCC(=O)Cc3cccc2c3)cc1OC. The van der Waals surface area contributed by atoms with Crippen LogP contribution in [0, 0.1) is 29.1 Å². The molecule has 0 aromatic heterocycles. The van der Waals surface area contributed by atoms with Crippen LogP contribution in [0.2, 0.25) is 0 Å². The molecule has 2 aliphatic heterocycles. The van der Waals surface area contributed by atoms with Crippen molar-refractivity contribution in [1.29, 1.82) is 0 Å². The summed E-state index contributed by atoms with van der Waals surface area (Å²) < 4.78 is 28.6. The smallest absolute Gasteiger partial charge is 0.330 e. The number of piperidine rings is 1. The van der Waals surface area contributed by atoms with Crippen LogP contribution >= 0.6 is 0 Å². The number of amides is 3. The van der Waals surface area contributed by atoms with E-state index in [1.807, 2.05) is 70.2 Å². The highest BCUT2D eigenvalue weighted by atomic mass is 16.6. The van der Waals surface area contributed by atoms with Crippen molar-refractivity contribution in [2.24, 2.45) is 29.1 Å². The number of hydrogen-bond acceptors (Lipinski definition) is 16. The van der Waals surface area contributed by atoms with Crippen molar-refractivity contribution in [2.45, 2.75) is 214 Å². The number of allylic oxidation sites excluding steroid dienone is 1. The van der Waals surface area contributed by atoms with Gasteiger partial charge in [0.15, 0.2) is 23.1 Å². The fourth-order valence-corrected chi connectivity index (χ4v) is 12.6. The summed E-state index contributed by atoms with van der Waals surface area (Å²) >= 11 is 0. The van der Waals surface area contributed by atoms with Crippen molar-refractivity contribution < 1.29 is 76.4 Å². The van der Waals surface area contributed by atoms with E-state index in [0.717, 1.165) is 11.1 Å². The molecule has 514 valence electrons. The zero-order valence-electron chi connectivity index (χ0n) is 57.9. The average Bonchev–Trinajstić information content (AvgIpc) is 1.35. The zero-order chi connectivity index (χ0) is 69.5. The zero-order valence-corrected chi connectivity index (χ0v) is 57.9. The van der Waals surface area contributed by atoms with Crippen molar-refractivity contribution in [3.63, 3.8) is 0 Å². The van der Waals surface area contributed by atoms with E-state index < -0.39 is 114 Å². The second-order valence-corrected chi connectivity index (χ2v) is 27.1. The number of esters is 3. The van der Waals surface area contributed by atoms with Crippen LogP contribution in [0.25, 0.3) is 0 Å². The van der Waals surface area contributed by atoms with Crippen LogP contribution in [0.5, 0.6) is 11.5 Å². The Kier molecular flexibility index (Phi) is 30.0. The van der Waals surface area contributed by atoms with Crippen molar-refractivity contribution in [3.8, 4) is 11.5 Å². The minimum atomic E-state index is -1.48. The molecule has 7 atom stereocenters. The first kappa shape index (κ1) is 76.9. The molecule has 3 aromatic rings. The summed E-state index contributed by atoms with van der Waals surface area (Å²) in [6.45, 7) is 15.6. The Balaban J connectivity index is 0.00000792. The predicted molar refractivity (Wildman–Crippen MR) is 356 cm³/mol. The predicted octanol–water partition coefficient (Wildman–Crippen LogP) is 11.3. The monoisotopic (exact) mass is 1300 g/mol. The maximum Gasteiger partial charge on any atom is 0.330 e. The third kappa shape index (κ3) is 22.7. The van der Waals surface area contributed by atoms with E-state index in [0.29, 0.717) is 86.8 Å². The molecule has 1 aliphatic carbocycles. The quantitative estimate of drug-likeness (QED) is 0.0984. The lowest BCUT2D eigenvalue weighted by Crippen LogP contribution is -2.53. The van der Waals surface area contributed by atoms with Crippen LogP contribution in [-0.2, 0) is 86.2 Å². The highest BCUT2D eigenvalue weighted by Gasteiger charge is 2.46. The topological polar surface area (TPSA) is 244 Å². The van der Waals surface area contributed by atoms with Gasteiger partial charge in [-0.1, -0.05) is 101 Å². The largest absolute Gasteiger partial charge is 0.493 e. The van der Waals surface area contributed by atoms with Crippen LogP contribution in [0.3, 0.4) is 0 Å². The van der Waals surface area contributed by atoms with E-state index in [1.165, 1.54) is 55.9 Å². The number of carbonyl (C=O) groups excluding carboxylic acids is 11. The number of methoxy groups -OCH3 is 2. The second-order valence-electron chi connectivity index (χ2n) is 27.1. The van der Waals surface area contributed by atoms with Gasteiger partial charge >= 0.3 is 17.9 Å². The van der Waals surface area contributed by atoms with Gasteiger partial charge in [0.1, 0.15) is 35.9 Å². The first-order valence-electron chi connectivity index (χ1n) is 33.7. The number of benzene rings is 3. The Labute approximate surface area is 556 Å². The minimum absolute atomic E-state index is 0.0306. The lowest BCUT2D eigenvalue weighted by atomic mass is 9.83. The molecule has 0 N–H and O–H groups in total. The lowest BCUT2D eigenvalue weighted by molar-refractivity contribution is -0.165. The molecule has 3 aliphatic rings. The van der Waals surface area contributed by atoms with E-state index in [2.05, 4.69) is 0 Å². The van der Waals surface area contributed by atoms with Gasteiger partial charge in [0.05, 0.1) is 44.1 Å². The number of ether oxygens (including phenoxy) is 5. The van der Waals surface area contributed by atoms with Crippen LogP contribution < -0.4 is 9.47 Å². The number of rotatable bonds is 11. The molecule has 6 rings (SSSR count). The molecular formula is C75H103N3O16. The van der Waals surface area contributed by atoms with Crippen LogP contribution in [-0.4, -0.2) is 144 Å². The van der Waals surface area contributed by atoms with Gasteiger partial charge in [-0.2, -0.15) is 0 Å². The molecule has 2 heterocycles. The molecule has 94 heavy (non-hydrogen) atoms. The van der Waals surface area contributed by atoms with Crippen LogP contribution in [0.4, 0.5) is 0 Å². The summed E-state index contributed by atoms with van der Waals surface area (Å²) in [6.07, 6.45) is 5.62. The van der Waals surface area contributed by atoms with Gasteiger partial charge in [-0.15, -0.1) is 0 Å². The number of cyclic esters (lactones) is 2. The van der Waals surface area contributed by atoms with E-state index in [4.69, 9.17) is 23.7 Å². The number of likely N-dealkylation sites (N-methyl/N-ethyl adjacent to an activating group) is 2. The summed E-state index contributed by atoms with van der Waals surface area (Å²) in [5.74, 6) is -8.06. The van der Waals surface area contributed by atoms with Gasteiger partial charge in [0, 0.05) is 70.7 Å². The third-order valence-electron chi connectivity index (χ3n) is 17.7. The molecule has 1 saturated heterocycles. The molecule has 2 fully saturated rings. The van der Waals surface area contributed by atoms with Crippen molar-refractivity contribution in [2.75, 3.05) is 41.5 Å². The number of nitrogens with zero attached hydrogens (tertiary/aromatic N) is 3. The van der Waals surface area contributed by atoms with E-state index >= 15 is 9.59 Å². The van der Waals surface area contributed by atoms with E-state index in [1.54, 1.807) is 64.2 Å². The third-order valence-corrected chi connectivity index (χ3v) is 17.7. The summed E-state index contributed by atoms with van der Waals surface area (Å²) in [4.78, 5) is 161. The van der Waals surface area contributed by atoms with E-state index in [-0.39, 0.29) is 80.7 Å². The Bertz CT molecular complexity index is 3140. The Hall–Kier alpha value is -7.83. The molecule has 1 unspecified atom stereocenters. The van der Waals surface area contributed by atoms with Gasteiger partial charge in [0.25, 0.3) is 5.91 Å². The fraction of sp³-hybridized carbons (Fsp3) is 0.587. The number of fused-ring (bicyclic) bond motifs is 4. The number of hydrogen-bond donors (Lipinski definition) is 0. The van der Waals surface area contributed by atoms with Gasteiger partial charge in [-0.3, -0.25) is 43.2 Å².